The van der Waals surface area contributed by atoms with Gasteiger partial charge in [-0.1, -0.05) is 30.3 Å². The van der Waals surface area contributed by atoms with E-state index in [1.54, 1.807) is 6.26 Å². The molecule has 4 rings (SSSR count). The van der Waals surface area contributed by atoms with Crippen molar-refractivity contribution in [3.05, 3.63) is 48.2 Å². The van der Waals surface area contributed by atoms with E-state index in [4.69, 9.17) is 9.15 Å². The van der Waals surface area contributed by atoms with Gasteiger partial charge in [0.1, 0.15) is 5.58 Å². The molecule has 134 valence electrons. The summed E-state index contributed by atoms with van der Waals surface area (Å²) in [6.45, 7) is 1.18. The summed E-state index contributed by atoms with van der Waals surface area (Å²) < 4.78 is 10.5. The van der Waals surface area contributed by atoms with Gasteiger partial charge < -0.3 is 14.1 Å². The zero-order valence-electron chi connectivity index (χ0n) is 14.7. The van der Waals surface area contributed by atoms with Gasteiger partial charge >= 0.3 is 5.97 Å². The predicted molar refractivity (Wildman–Crippen MR) is 98.7 cm³/mol. The van der Waals surface area contributed by atoms with Gasteiger partial charge in [0, 0.05) is 24.0 Å². The average molecular weight is 351 g/mol. The lowest BCUT2D eigenvalue weighted by Crippen LogP contribution is -2.41. The molecular formula is C21H21NO4. The second kappa shape index (κ2) is 6.83. The molecule has 5 nitrogen and oxygen atoms in total. The van der Waals surface area contributed by atoms with Gasteiger partial charge in [-0.3, -0.25) is 9.59 Å². The van der Waals surface area contributed by atoms with E-state index in [0.717, 1.165) is 27.3 Å². The highest BCUT2D eigenvalue weighted by atomic mass is 16.5. The molecule has 1 aliphatic heterocycles. The fourth-order valence-electron chi connectivity index (χ4n) is 3.81. The summed E-state index contributed by atoms with van der Waals surface area (Å²) in [7, 11) is 1.41. The SMILES string of the molecule is COC(=O)C1CCN(C(=O)Cc2coc3ccc4ccccc4c23)CC1. The number of carbonyl (C=O) groups excluding carboxylic acids is 2. The van der Waals surface area contributed by atoms with Crippen LogP contribution in [0.5, 0.6) is 0 Å². The highest BCUT2D eigenvalue weighted by Gasteiger charge is 2.28. The highest BCUT2D eigenvalue weighted by Crippen LogP contribution is 2.30. The number of fused-ring (bicyclic) bond motifs is 3. The minimum Gasteiger partial charge on any atom is -0.469 e. The smallest absolute Gasteiger partial charge is 0.308 e. The van der Waals surface area contributed by atoms with Gasteiger partial charge in [-0.2, -0.15) is 0 Å². The van der Waals surface area contributed by atoms with Crippen LogP contribution in [0.2, 0.25) is 0 Å². The number of piperidine rings is 1. The molecule has 0 spiro atoms. The number of nitrogens with zero attached hydrogens (tertiary/aromatic N) is 1. The van der Waals surface area contributed by atoms with E-state index in [2.05, 4.69) is 12.1 Å². The molecule has 0 unspecified atom stereocenters. The second-order valence-corrected chi connectivity index (χ2v) is 6.78. The molecule has 0 saturated carbocycles. The number of amides is 1. The quantitative estimate of drug-likeness (QED) is 0.677. The summed E-state index contributed by atoms with van der Waals surface area (Å²) in [6.07, 6.45) is 3.32. The molecule has 5 heteroatoms. The zero-order valence-corrected chi connectivity index (χ0v) is 14.7. The molecule has 2 heterocycles. The number of methoxy groups -OCH3 is 1. The first-order valence-electron chi connectivity index (χ1n) is 8.91. The monoisotopic (exact) mass is 351 g/mol. The maximum absolute atomic E-state index is 12.8. The topological polar surface area (TPSA) is 59.8 Å². The van der Waals surface area contributed by atoms with Crippen LogP contribution >= 0.6 is 0 Å². The van der Waals surface area contributed by atoms with Gasteiger partial charge in [-0.05, 0) is 29.7 Å². The summed E-state index contributed by atoms with van der Waals surface area (Å²) >= 11 is 0. The third-order valence-electron chi connectivity index (χ3n) is 5.26. The van der Waals surface area contributed by atoms with Crippen molar-refractivity contribution in [2.45, 2.75) is 19.3 Å². The maximum Gasteiger partial charge on any atom is 0.308 e. The fraction of sp³-hybridized carbons (Fsp3) is 0.333. The number of benzene rings is 2. The minimum absolute atomic E-state index is 0.0731. The predicted octanol–water partition coefficient (Wildman–Crippen LogP) is 3.54. The van der Waals surface area contributed by atoms with Crippen LogP contribution in [0, 0.1) is 5.92 Å². The molecule has 1 saturated heterocycles. The molecule has 1 aliphatic rings. The van der Waals surface area contributed by atoms with Crippen molar-refractivity contribution in [3.63, 3.8) is 0 Å². The maximum atomic E-state index is 12.8. The summed E-state index contributed by atoms with van der Waals surface area (Å²) in [5.41, 5.74) is 1.72. The zero-order chi connectivity index (χ0) is 18.1. The molecule has 2 aromatic carbocycles. The van der Waals surface area contributed by atoms with Crippen molar-refractivity contribution in [1.29, 1.82) is 0 Å². The Labute approximate surface area is 151 Å². The lowest BCUT2D eigenvalue weighted by molar-refractivity contribution is -0.148. The number of hydrogen-bond donors (Lipinski definition) is 0. The van der Waals surface area contributed by atoms with Crippen LogP contribution in [0.3, 0.4) is 0 Å². The molecule has 1 amide bonds. The van der Waals surface area contributed by atoms with Gasteiger partial charge in [0.2, 0.25) is 5.91 Å². The molecule has 1 fully saturated rings. The van der Waals surface area contributed by atoms with Crippen molar-refractivity contribution >= 4 is 33.6 Å². The van der Waals surface area contributed by atoms with Gasteiger partial charge in [-0.15, -0.1) is 0 Å². The second-order valence-electron chi connectivity index (χ2n) is 6.78. The molecule has 0 aliphatic carbocycles. The fourth-order valence-corrected chi connectivity index (χ4v) is 3.81. The molecule has 0 bridgehead atoms. The molecular weight excluding hydrogens is 330 g/mol. The first-order chi connectivity index (χ1) is 12.7. The Morgan fingerprint density at radius 1 is 1.15 bits per heavy atom. The van der Waals surface area contributed by atoms with E-state index in [1.165, 1.54) is 7.11 Å². The standard InChI is InChI=1S/C21H21NO4/c1-25-21(24)15-8-10-22(11-9-15)19(23)12-16-13-26-18-7-6-14-4-2-3-5-17(14)20(16)18/h2-7,13,15H,8-12H2,1H3. The van der Waals surface area contributed by atoms with E-state index in [0.29, 0.717) is 32.4 Å². The first kappa shape index (κ1) is 16.6. The van der Waals surface area contributed by atoms with Gasteiger partial charge in [0.15, 0.2) is 0 Å². The number of esters is 1. The number of hydrogen-bond acceptors (Lipinski definition) is 4. The first-order valence-corrected chi connectivity index (χ1v) is 8.91. The van der Waals surface area contributed by atoms with Crippen molar-refractivity contribution < 1.29 is 18.7 Å². The van der Waals surface area contributed by atoms with E-state index < -0.39 is 0 Å². The van der Waals surface area contributed by atoms with Gasteiger partial charge in [0.05, 0.1) is 25.7 Å². The normalized spacial score (nSPS) is 15.5. The van der Waals surface area contributed by atoms with Crippen LogP contribution in [0.4, 0.5) is 0 Å². The van der Waals surface area contributed by atoms with Crippen LogP contribution < -0.4 is 0 Å². The number of rotatable bonds is 3. The molecule has 0 radical (unpaired) electrons. The van der Waals surface area contributed by atoms with Crippen molar-refractivity contribution in [2.24, 2.45) is 5.92 Å². The minimum atomic E-state index is -0.176. The van der Waals surface area contributed by atoms with Crippen molar-refractivity contribution in [1.82, 2.24) is 4.90 Å². The Balaban J connectivity index is 1.54. The number of ether oxygens (including phenoxy) is 1. The Kier molecular flexibility index (Phi) is 4.37. The third kappa shape index (κ3) is 2.94. The molecule has 0 N–H and O–H groups in total. The van der Waals surface area contributed by atoms with Gasteiger partial charge in [0.25, 0.3) is 0 Å². The Bertz CT molecular complexity index is 966. The summed E-state index contributed by atoms with van der Waals surface area (Å²) in [5.74, 6) is -0.198. The van der Waals surface area contributed by atoms with E-state index in [1.807, 2.05) is 29.2 Å². The lowest BCUT2D eigenvalue weighted by Gasteiger charge is -2.30. The Morgan fingerprint density at radius 2 is 1.92 bits per heavy atom. The number of likely N-dealkylation sites (tertiary alicyclic amines) is 1. The van der Waals surface area contributed by atoms with Crippen LogP contribution in [0.15, 0.2) is 47.1 Å². The van der Waals surface area contributed by atoms with Crippen LogP contribution in [-0.4, -0.2) is 37.0 Å². The van der Waals surface area contributed by atoms with Crippen molar-refractivity contribution in [3.8, 4) is 0 Å². The largest absolute Gasteiger partial charge is 0.469 e. The number of furan rings is 1. The average Bonchev–Trinajstić information content (AvgIpc) is 3.10. The Hall–Kier alpha value is -2.82. The van der Waals surface area contributed by atoms with E-state index in [9.17, 15) is 9.59 Å². The Morgan fingerprint density at radius 3 is 2.69 bits per heavy atom. The van der Waals surface area contributed by atoms with Crippen LogP contribution in [0.1, 0.15) is 18.4 Å². The van der Waals surface area contributed by atoms with Crippen LogP contribution in [-0.2, 0) is 20.7 Å². The lowest BCUT2D eigenvalue weighted by atomic mass is 9.96. The summed E-state index contributed by atoms with van der Waals surface area (Å²) in [6, 6.07) is 12.1. The summed E-state index contributed by atoms with van der Waals surface area (Å²) in [5, 5.41) is 3.25. The highest BCUT2D eigenvalue weighted by molar-refractivity contribution is 6.08. The number of carbonyl (C=O) groups is 2. The molecule has 1 aromatic heterocycles. The third-order valence-corrected chi connectivity index (χ3v) is 5.26. The molecule has 0 atom stereocenters. The molecule has 26 heavy (non-hydrogen) atoms. The van der Waals surface area contributed by atoms with Crippen molar-refractivity contribution in [2.75, 3.05) is 20.2 Å². The van der Waals surface area contributed by atoms with E-state index >= 15 is 0 Å². The van der Waals surface area contributed by atoms with Crippen LogP contribution in [0.25, 0.3) is 21.7 Å². The van der Waals surface area contributed by atoms with E-state index in [-0.39, 0.29) is 17.8 Å². The summed E-state index contributed by atoms with van der Waals surface area (Å²) in [4.78, 5) is 26.2. The van der Waals surface area contributed by atoms with Gasteiger partial charge in [-0.25, -0.2) is 0 Å². The molecule has 3 aromatic rings.